The van der Waals surface area contributed by atoms with Gasteiger partial charge in [-0.1, -0.05) is 0 Å². The molecule has 0 bridgehead atoms. The van der Waals surface area contributed by atoms with Crippen LogP contribution in [0.25, 0.3) is 0 Å². The maximum absolute atomic E-state index is 11.4. The van der Waals surface area contributed by atoms with Gasteiger partial charge in [-0.3, -0.25) is 19.7 Å². The first-order chi connectivity index (χ1) is 7.35. The largest absolute Gasteiger partial charge is 0.481 e. The lowest BCUT2D eigenvalue weighted by molar-refractivity contribution is -0.143. The van der Waals surface area contributed by atoms with Crippen molar-refractivity contribution < 1.29 is 29.4 Å². The Morgan fingerprint density at radius 1 is 1.19 bits per heavy atom. The van der Waals surface area contributed by atoms with Crippen molar-refractivity contribution in [1.29, 1.82) is 0 Å². The number of aliphatic carboxylic acids is 2. The van der Waals surface area contributed by atoms with E-state index >= 15 is 0 Å². The van der Waals surface area contributed by atoms with Crippen LogP contribution >= 0.6 is 0 Å². The minimum absolute atomic E-state index is 0.258. The molecule has 0 spiro atoms. The number of hydrogen-bond donors (Lipinski definition) is 4. The topological polar surface area (TPSA) is 133 Å². The molecule has 1 saturated heterocycles. The Bertz CT molecular complexity index is 366. The number of hydrogen-bond acceptors (Lipinski definition) is 4. The van der Waals surface area contributed by atoms with E-state index in [9.17, 15) is 19.2 Å². The highest BCUT2D eigenvalue weighted by Gasteiger charge is 2.47. The van der Waals surface area contributed by atoms with Crippen LogP contribution in [0.15, 0.2) is 0 Å². The molecule has 8 heteroatoms. The molecule has 0 aromatic heterocycles. The molecule has 16 heavy (non-hydrogen) atoms. The minimum atomic E-state index is -1.65. The lowest BCUT2D eigenvalue weighted by Gasteiger charge is -2.22. The lowest BCUT2D eigenvalue weighted by Crippen LogP contribution is -2.48. The number of rotatable bonds is 5. The molecule has 4 N–H and O–H groups in total. The van der Waals surface area contributed by atoms with E-state index in [0.29, 0.717) is 0 Å². The fourth-order valence-corrected chi connectivity index (χ4v) is 1.50. The van der Waals surface area contributed by atoms with Gasteiger partial charge in [0.2, 0.25) is 0 Å². The summed E-state index contributed by atoms with van der Waals surface area (Å²) in [5, 5.41) is 21.2. The Balaban J connectivity index is 2.84. The smallest absolute Gasteiger partial charge is 0.322 e. The van der Waals surface area contributed by atoms with Gasteiger partial charge in [0, 0.05) is 6.42 Å². The molecule has 1 unspecified atom stereocenters. The van der Waals surface area contributed by atoms with Gasteiger partial charge in [-0.2, -0.15) is 0 Å². The second-order valence-corrected chi connectivity index (χ2v) is 3.45. The Kier molecular flexibility index (Phi) is 3.11. The van der Waals surface area contributed by atoms with Crippen LogP contribution in [0.5, 0.6) is 0 Å². The summed E-state index contributed by atoms with van der Waals surface area (Å²) in [6.45, 7) is 0. The van der Waals surface area contributed by atoms with E-state index in [4.69, 9.17) is 10.2 Å². The molecule has 3 amide bonds. The second kappa shape index (κ2) is 4.17. The number of carboxylic acid groups (broad SMARTS) is 2. The maximum atomic E-state index is 11.4. The van der Waals surface area contributed by atoms with Gasteiger partial charge in [-0.25, -0.2) is 4.79 Å². The first-order valence-corrected chi connectivity index (χ1v) is 4.43. The van der Waals surface area contributed by atoms with Crippen LogP contribution in [-0.2, 0) is 14.4 Å². The number of amides is 3. The minimum Gasteiger partial charge on any atom is -0.481 e. The summed E-state index contributed by atoms with van der Waals surface area (Å²) in [5.74, 6) is -3.26. The zero-order chi connectivity index (χ0) is 12.3. The predicted molar refractivity (Wildman–Crippen MR) is 48.5 cm³/mol. The van der Waals surface area contributed by atoms with Gasteiger partial charge in [-0.05, 0) is 6.42 Å². The van der Waals surface area contributed by atoms with Crippen LogP contribution in [0.2, 0.25) is 0 Å². The first kappa shape index (κ1) is 12.0. The van der Waals surface area contributed by atoms with Gasteiger partial charge in [0.25, 0.3) is 5.91 Å². The third-order valence-corrected chi connectivity index (χ3v) is 2.23. The molecule has 0 aromatic carbocycles. The Hall–Kier alpha value is -2.12. The fraction of sp³-hybridized carbons (Fsp3) is 0.500. The molecule has 1 rings (SSSR count). The van der Waals surface area contributed by atoms with Crippen LogP contribution in [0.3, 0.4) is 0 Å². The van der Waals surface area contributed by atoms with Gasteiger partial charge in [-0.15, -0.1) is 0 Å². The number of carboxylic acids is 2. The average Bonchev–Trinajstić information content (AvgIpc) is 2.38. The molecule has 1 heterocycles. The Labute approximate surface area is 89.6 Å². The molecule has 0 aromatic rings. The highest BCUT2D eigenvalue weighted by Crippen LogP contribution is 2.21. The van der Waals surface area contributed by atoms with Crippen molar-refractivity contribution in [3.05, 3.63) is 0 Å². The van der Waals surface area contributed by atoms with Crippen LogP contribution in [-0.4, -0.2) is 39.6 Å². The molecule has 0 saturated carbocycles. The first-order valence-electron chi connectivity index (χ1n) is 4.43. The average molecular weight is 230 g/mol. The van der Waals surface area contributed by atoms with Crippen LogP contribution in [0.1, 0.15) is 19.3 Å². The summed E-state index contributed by atoms with van der Waals surface area (Å²) >= 11 is 0. The zero-order valence-electron chi connectivity index (χ0n) is 8.15. The van der Waals surface area contributed by atoms with Crippen molar-refractivity contribution in [2.24, 2.45) is 0 Å². The number of carbonyl (C=O) groups is 4. The third kappa shape index (κ3) is 2.47. The van der Waals surface area contributed by atoms with Crippen LogP contribution < -0.4 is 10.6 Å². The second-order valence-electron chi connectivity index (χ2n) is 3.45. The number of imide groups is 1. The standard InChI is InChI=1S/C8H10N2O6/c11-4(12)1-2-8(3-5(13)14)6(15)9-7(16)10-8/h1-3H2,(H,11,12)(H,13,14)(H2,9,10,15,16). The number of carbonyl (C=O) groups excluding carboxylic acids is 2. The van der Waals surface area contributed by atoms with E-state index in [1.54, 1.807) is 0 Å². The monoisotopic (exact) mass is 230 g/mol. The SMILES string of the molecule is O=C(O)CCC1(CC(=O)O)NC(=O)NC1=O. The fourth-order valence-electron chi connectivity index (χ4n) is 1.50. The normalized spacial score (nSPS) is 23.8. The van der Waals surface area contributed by atoms with Crippen molar-refractivity contribution in [1.82, 2.24) is 10.6 Å². The van der Waals surface area contributed by atoms with E-state index in [-0.39, 0.29) is 6.42 Å². The molecule has 1 aliphatic heterocycles. The molecule has 88 valence electrons. The summed E-state index contributed by atoms with van der Waals surface area (Å²) < 4.78 is 0. The molecule has 0 aliphatic carbocycles. The van der Waals surface area contributed by atoms with Gasteiger partial charge in [0.05, 0.1) is 6.42 Å². The zero-order valence-corrected chi connectivity index (χ0v) is 8.15. The molecular weight excluding hydrogens is 220 g/mol. The highest BCUT2D eigenvalue weighted by atomic mass is 16.4. The van der Waals surface area contributed by atoms with E-state index in [1.165, 1.54) is 0 Å². The van der Waals surface area contributed by atoms with Crippen molar-refractivity contribution in [3.8, 4) is 0 Å². The predicted octanol–water partition coefficient (Wildman–Crippen LogP) is -1.10. The van der Waals surface area contributed by atoms with Crippen molar-refractivity contribution in [2.45, 2.75) is 24.8 Å². The van der Waals surface area contributed by atoms with Crippen molar-refractivity contribution >= 4 is 23.9 Å². The van der Waals surface area contributed by atoms with E-state index in [0.717, 1.165) is 0 Å². The molecule has 1 fully saturated rings. The van der Waals surface area contributed by atoms with E-state index in [1.807, 2.05) is 5.32 Å². The summed E-state index contributed by atoms with van der Waals surface area (Å²) in [6, 6.07) is -0.809. The quantitative estimate of drug-likeness (QED) is 0.443. The highest BCUT2D eigenvalue weighted by molar-refractivity contribution is 6.08. The Morgan fingerprint density at radius 3 is 2.19 bits per heavy atom. The summed E-state index contributed by atoms with van der Waals surface area (Å²) in [7, 11) is 0. The summed E-state index contributed by atoms with van der Waals surface area (Å²) in [4.78, 5) is 43.3. The van der Waals surface area contributed by atoms with Gasteiger partial charge >= 0.3 is 18.0 Å². The van der Waals surface area contributed by atoms with Gasteiger partial charge < -0.3 is 15.5 Å². The third-order valence-electron chi connectivity index (χ3n) is 2.23. The maximum Gasteiger partial charge on any atom is 0.322 e. The van der Waals surface area contributed by atoms with Gasteiger partial charge in [0.15, 0.2) is 0 Å². The molecule has 0 radical (unpaired) electrons. The van der Waals surface area contributed by atoms with E-state index < -0.39 is 42.3 Å². The van der Waals surface area contributed by atoms with Crippen molar-refractivity contribution in [3.63, 3.8) is 0 Å². The van der Waals surface area contributed by atoms with Crippen LogP contribution in [0, 0.1) is 0 Å². The summed E-state index contributed by atoms with van der Waals surface area (Å²) in [5.41, 5.74) is -1.65. The molecule has 1 atom stereocenters. The number of urea groups is 1. The molecule has 8 nitrogen and oxygen atoms in total. The summed E-state index contributed by atoms with van der Waals surface area (Å²) in [6.07, 6.45) is -1.30. The van der Waals surface area contributed by atoms with E-state index in [2.05, 4.69) is 5.32 Å². The number of nitrogens with one attached hydrogen (secondary N) is 2. The van der Waals surface area contributed by atoms with Crippen molar-refractivity contribution in [2.75, 3.05) is 0 Å². The lowest BCUT2D eigenvalue weighted by atomic mass is 9.90. The Morgan fingerprint density at radius 2 is 1.81 bits per heavy atom. The van der Waals surface area contributed by atoms with Gasteiger partial charge in [0.1, 0.15) is 5.54 Å². The van der Waals surface area contributed by atoms with Crippen LogP contribution in [0.4, 0.5) is 4.79 Å². The molecule has 1 aliphatic rings. The molecular formula is C8H10N2O6.